The van der Waals surface area contributed by atoms with E-state index >= 15 is 0 Å². The van der Waals surface area contributed by atoms with E-state index in [9.17, 15) is 4.39 Å². The Hall–Kier alpha value is -2.47. The predicted molar refractivity (Wildman–Crippen MR) is 81.6 cm³/mol. The summed E-state index contributed by atoms with van der Waals surface area (Å²) in [7, 11) is 0. The van der Waals surface area contributed by atoms with Crippen molar-refractivity contribution in [3.63, 3.8) is 0 Å². The molecule has 2 aromatic heterocycles. The van der Waals surface area contributed by atoms with Crippen LogP contribution in [0.3, 0.4) is 0 Å². The van der Waals surface area contributed by atoms with Crippen LogP contribution < -0.4 is 11.5 Å². The average molecular weight is 286 g/mol. The SMILES string of the molecule is Nc1ccc(C=Cc2csc3c(N)ncnc23)c(F)c1. The quantitative estimate of drug-likeness (QED) is 0.709. The van der Waals surface area contributed by atoms with Gasteiger partial charge in [0, 0.05) is 22.2 Å². The summed E-state index contributed by atoms with van der Waals surface area (Å²) in [5.41, 5.74) is 13.8. The summed E-state index contributed by atoms with van der Waals surface area (Å²) in [5.74, 6) is 0.105. The molecule has 0 bridgehead atoms. The first-order chi connectivity index (χ1) is 9.65. The van der Waals surface area contributed by atoms with Crippen molar-refractivity contribution in [1.82, 2.24) is 9.97 Å². The molecule has 0 aliphatic heterocycles. The van der Waals surface area contributed by atoms with Crippen molar-refractivity contribution >= 4 is 45.2 Å². The molecule has 0 aliphatic carbocycles. The number of nitrogens with two attached hydrogens (primary N) is 2. The molecule has 0 saturated carbocycles. The van der Waals surface area contributed by atoms with Crippen LogP contribution in [0.5, 0.6) is 0 Å². The molecule has 0 amide bonds. The summed E-state index contributed by atoms with van der Waals surface area (Å²) in [4.78, 5) is 8.15. The van der Waals surface area contributed by atoms with Crippen molar-refractivity contribution in [3.05, 3.63) is 46.9 Å². The molecule has 0 saturated heterocycles. The number of anilines is 2. The molecule has 0 fully saturated rings. The lowest BCUT2D eigenvalue weighted by Crippen LogP contribution is -1.90. The summed E-state index contributed by atoms with van der Waals surface area (Å²) >= 11 is 1.47. The minimum Gasteiger partial charge on any atom is -0.399 e. The van der Waals surface area contributed by atoms with E-state index in [0.717, 1.165) is 15.8 Å². The third-order valence-corrected chi connectivity index (χ3v) is 3.89. The Morgan fingerprint density at radius 1 is 1.10 bits per heavy atom. The highest BCUT2D eigenvalue weighted by Crippen LogP contribution is 2.28. The van der Waals surface area contributed by atoms with E-state index in [2.05, 4.69) is 9.97 Å². The van der Waals surface area contributed by atoms with Crippen LogP contribution in [0.2, 0.25) is 0 Å². The average Bonchev–Trinajstić information content (AvgIpc) is 2.83. The highest BCUT2D eigenvalue weighted by Gasteiger charge is 2.06. The molecule has 0 spiro atoms. The zero-order chi connectivity index (χ0) is 14.1. The zero-order valence-electron chi connectivity index (χ0n) is 10.4. The Morgan fingerprint density at radius 3 is 2.70 bits per heavy atom. The Labute approximate surface area is 118 Å². The van der Waals surface area contributed by atoms with Crippen molar-refractivity contribution < 1.29 is 4.39 Å². The number of fused-ring (bicyclic) bond motifs is 1. The first kappa shape index (κ1) is 12.6. The van der Waals surface area contributed by atoms with Crippen LogP contribution in [-0.4, -0.2) is 9.97 Å². The van der Waals surface area contributed by atoms with Crippen molar-refractivity contribution in [2.24, 2.45) is 0 Å². The van der Waals surface area contributed by atoms with Crippen LogP contribution in [0.25, 0.3) is 22.4 Å². The summed E-state index contributed by atoms with van der Waals surface area (Å²) in [6.07, 6.45) is 4.92. The summed E-state index contributed by atoms with van der Waals surface area (Å²) in [6.45, 7) is 0. The second-order valence-electron chi connectivity index (χ2n) is 4.24. The van der Waals surface area contributed by atoms with Gasteiger partial charge in [0.1, 0.15) is 18.0 Å². The number of hydrogen-bond acceptors (Lipinski definition) is 5. The van der Waals surface area contributed by atoms with E-state index in [-0.39, 0.29) is 5.82 Å². The highest BCUT2D eigenvalue weighted by atomic mass is 32.1. The number of halogens is 1. The molecule has 0 radical (unpaired) electrons. The van der Waals surface area contributed by atoms with Crippen molar-refractivity contribution in [2.75, 3.05) is 11.5 Å². The molecule has 6 heteroatoms. The van der Waals surface area contributed by atoms with Gasteiger partial charge in [-0.15, -0.1) is 11.3 Å². The van der Waals surface area contributed by atoms with E-state index in [0.29, 0.717) is 17.1 Å². The Bertz CT molecular complexity index is 810. The second kappa shape index (κ2) is 4.90. The fourth-order valence-electron chi connectivity index (χ4n) is 1.86. The lowest BCUT2D eigenvalue weighted by Gasteiger charge is -1.98. The van der Waals surface area contributed by atoms with E-state index in [1.165, 1.54) is 23.7 Å². The molecule has 4 N–H and O–H groups in total. The lowest BCUT2D eigenvalue weighted by atomic mass is 10.1. The minimum atomic E-state index is -0.352. The maximum absolute atomic E-state index is 13.7. The third kappa shape index (κ3) is 2.21. The first-order valence-electron chi connectivity index (χ1n) is 5.86. The number of nitrogens with zero attached hydrogens (tertiary/aromatic N) is 2. The molecule has 100 valence electrons. The zero-order valence-corrected chi connectivity index (χ0v) is 11.2. The van der Waals surface area contributed by atoms with Crippen LogP contribution in [0, 0.1) is 5.82 Å². The smallest absolute Gasteiger partial charge is 0.144 e. The van der Waals surface area contributed by atoms with Crippen molar-refractivity contribution in [1.29, 1.82) is 0 Å². The number of nitrogen functional groups attached to an aromatic ring is 2. The highest BCUT2D eigenvalue weighted by molar-refractivity contribution is 7.18. The van der Waals surface area contributed by atoms with Gasteiger partial charge in [0.15, 0.2) is 0 Å². The normalized spacial score (nSPS) is 11.4. The molecule has 20 heavy (non-hydrogen) atoms. The van der Waals surface area contributed by atoms with E-state index in [1.807, 2.05) is 5.38 Å². The van der Waals surface area contributed by atoms with Gasteiger partial charge in [-0.3, -0.25) is 0 Å². The summed E-state index contributed by atoms with van der Waals surface area (Å²) in [5, 5.41) is 1.92. The summed E-state index contributed by atoms with van der Waals surface area (Å²) in [6, 6.07) is 4.60. The molecular formula is C14H11FN4S. The fraction of sp³-hybridized carbons (Fsp3) is 0. The second-order valence-corrected chi connectivity index (χ2v) is 5.12. The molecule has 2 heterocycles. The monoisotopic (exact) mass is 286 g/mol. The van der Waals surface area contributed by atoms with Gasteiger partial charge < -0.3 is 11.5 Å². The molecule has 3 rings (SSSR count). The topological polar surface area (TPSA) is 77.8 Å². The molecule has 0 aliphatic rings. The Morgan fingerprint density at radius 2 is 1.90 bits per heavy atom. The lowest BCUT2D eigenvalue weighted by molar-refractivity contribution is 0.626. The standard InChI is InChI=1S/C14H11FN4S/c15-11-5-10(16)4-3-8(11)1-2-9-6-20-13-12(9)18-7-19-14(13)17/h1-7H,16H2,(H2,17,18,19). The number of benzene rings is 1. The number of rotatable bonds is 2. The fourth-order valence-corrected chi connectivity index (χ4v) is 2.75. The molecule has 0 atom stereocenters. The van der Waals surface area contributed by atoms with Gasteiger partial charge in [-0.2, -0.15) is 0 Å². The Kier molecular flexibility index (Phi) is 3.08. The number of aromatic nitrogens is 2. The van der Waals surface area contributed by atoms with Crippen LogP contribution in [-0.2, 0) is 0 Å². The van der Waals surface area contributed by atoms with Crippen LogP contribution in [0.15, 0.2) is 29.9 Å². The van der Waals surface area contributed by atoms with Gasteiger partial charge in [-0.05, 0) is 18.2 Å². The van der Waals surface area contributed by atoms with E-state index in [1.54, 1.807) is 24.3 Å². The van der Waals surface area contributed by atoms with Gasteiger partial charge in [0.25, 0.3) is 0 Å². The molecule has 1 aromatic carbocycles. The minimum absolute atomic E-state index is 0.352. The van der Waals surface area contributed by atoms with Gasteiger partial charge in [-0.25, -0.2) is 14.4 Å². The van der Waals surface area contributed by atoms with Crippen LogP contribution in [0.1, 0.15) is 11.1 Å². The van der Waals surface area contributed by atoms with Gasteiger partial charge in [0.2, 0.25) is 0 Å². The number of thiophene rings is 1. The predicted octanol–water partition coefficient (Wildman–Crippen LogP) is 3.17. The molecule has 0 unspecified atom stereocenters. The maximum Gasteiger partial charge on any atom is 0.144 e. The largest absolute Gasteiger partial charge is 0.399 e. The summed E-state index contributed by atoms with van der Waals surface area (Å²) < 4.78 is 14.5. The third-order valence-electron chi connectivity index (χ3n) is 2.88. The van der Waals surface area contributed by atoms with E-state index < -0.39 is 0 Å². The maximum atomic E-state index is 13.7. The van der Waals surface area contributed by atoms with Gasteiger partial charge in [0.05, 0.1) is 10.2 Å². The molecule has 4 nitrogen and oxygen atoms in total. The van der Waals surface area contributed by atoms with Gasteiger partial charge >= 0.3 is 0 Å². The van der Waals surface area contributed by atoms with Gasteiger partial charge in [-0.1, -0.05) is 12.2 Å². The van der Waals surface area contributed by atoms with E-state index in [4.69, 9.17) is 11.5 Å². The van der Waals surface area contributed by atoms with Crippen LogP contribution >= 0.6 is 11.3 Å². The molecule has 3 aromatic rings. The Balaban J connectivity index is 2.00. The first-order valence-corrected chi connectivity index (χ1v) is 6.74. The van der Waals surface area contributed by atoms with Crippen LogP contribution in [0.4, 0.5) is 15.9 Å². The number of hydrogen-bond donors (Lipinski definition) is 2. The van der Waals surface area contributed by atoms with Crippen molar-refractivity contribution in [3.8, 4) is 0 Å². The molecular weight excluding hydrogens is 275 g/mol. The van der Waals surface area contributed by atoms with Crippen molar-refractivity contribution in [2.45, 2.75) is 0 Å².